The van der Waals surface area contributed by atoms with Crippen LogP contribution in [0.3, 0.4) is 0 Å². The SMILES string of the molecule is CN(C)C(=O)c1ccc(NCc2ccc(C(=O)O)o2)nc1. The highest BCUT2D eigenvalue weighted by Gasteiger charge is 2.10. The first kappa shape index (κ1) is 14.6. The molecule has 0 aliphatic carbocycles. The van der Waals surface area contributed by atoms with E-state index in [-0.39, 0.29) is 11.7 Å². The van der Waals surface area contributed by atoms with E-state index in [1.807, 2.05) is 0 Å². The van der Waals surface area contributed by atoms with Gasteiger partial charge in [-0.05, 0) is 24.3 Å². The van der Waals surface area contributed by atoms with Crippen LogP contribution >= 0.6 is 0 Å². The van der Waals surface area contributed by atoms with Crippen LogP contribution in [0, 0.1) is 0 Å². The van der Waals surface area contributed by atoms with Crippen LogP contribution in [0.5, 0.6) is 0 Å². The molecule has 2 N–H and O–H groups in total. The minimum atomic E-state index is -1.11. The third-order valence-corrected chi connectivity index (χ3v) is 2.73. The zero-order valence-corrected chi connectivity index (χ0v) is 11.7. The second kappa shape index (κ2) is 6.08. The fourth-order valence-corrected chi connectivity index (χ4v) is 1.65. The predicted octanol–water partition coefficient (Wildman–Crippen LogP) is 1.69. The van der Waals surface area contributed by atoms with Gasteiger partial charge in [0.1, 0.15) is 11.6 Å². The number of anilines is 1. The van der Waals surface area contributed by atoms with Crippen LogP contribution in [0.15, 0.2) is 34.9 Å². The van der Waals surface area contributed by atoms with Gasteiger partial charge in [0.05, 0.1) is 12.1 Å². The highest BCUT2D eigenvalue weighted by molar-refractivity contribution is 5.93. The van der Waals surface area contributed by atoms with E-state index in [1.165, 1.54) is 17.2 Å². The summed E-state index contributed by atoms with van der Waals surface area (Å²) >= 11 is 0. The summed E-state index contributed by atoms with van der Waals surface area (Å²) in [5.41, 5.74) is 0.497. The summed E-state index contributed by atoms with van der Waals surface area (Å²) in [6.45, 7) is 0.307. The smallest absolute Gasteiger partial charge is 0.371 e. The summed E-state index contributed by atoms with van der Waals surface area (Å²) in [6, 6.07) is 6.33. The zero-order valence-electron chi connectivity index (χ0n) is 11.7. The van der Waals surface area contributed by atoms with Gasteiger partial charge in [0, 0.05) is 20.3 Å². The van der Waals surface area contributed by atoms with Crippen LogP contribution in [0.1, 0.15) is 26.7 Å². The summed E-state index contributed by atoms with van der Waals surface area (Å²) in [7, 11) is 3.34. The van der Waals surface area contributed by atoms with Crippen molar-refractivity contribution >= 4 is 17.7 Å². The molecule has 2 aromatic heterocycles. The number of carboxylic acid groups (broad SMARTS) is 1. The van der Waals surface area contributed by atoms with Crippen LogP contribution in [0.25, 0.3) is 0 Å². The Morgan fingerprint density at radius 2 is 2.05 bits per heavy atom. The van der Waals surface area contributed by atoms with E-state index in [0.29, 0.717) is 23.7 Å². The quantitative estimate of drug-likeness (QED) is 0.869. The first-order valence-corrected chi connectivity index (χ1v) is 6.21. The number of carboxylic acids is 1. The number of rotatable bonds is 5. The van der Waals surface area contributed by atoms with Gasteiger partial charge < -0.3 is 19.7 Å². The van der Waals surface area contributed by atoms with Crippen molar-refractivity contribution in [3.05, 3.63) is 47.5 Å². The van der Waals surface area contributed by atoms with Gasteiger partial charge in [-0.3, -0.25) is 4.79 Å². The maximum Gasteiger partial charge on any atom is 0.371 e. The number of furan rings is 1. The van der Waals surface area contributed by atoms with E-state index in [9.17, 15) is 9.59 Å². The number of hydrogen-bond donors (Lipinski definition) is 2. The van der Waals surface area contributed by atoms with Crippen LogP contribution < -0.4 is 5.32 Å². The molecule has 0 unspecified atom stereocenters. The molecule has 0 bridgehead atoms. The summed E-state index contributed by atoms with van der Waals surface area (Å²) < 4.78 is 5.11. The Balaban J connectivity index is 1.97. The number of nitrogens with zero attached hydrogens (tertiary/aromatic N) is 2. The van der Waals surface area contributed by atoms with Crippen LogP contribution in [-0.4, -0.2) is 41.0 Å². The Kier molecular flexibility index (Phi) is 4.22. The van der Waals surface area contributed by atoms with Gasteiger partial charge in [0.25, 0.3) is 5.91 Å². The number of amides is 1. The molecule has 0 aliphatic rings. The molecule has 7 heteroatoms. The molecule has 2 heterocycles. The average molecular weight is 289 g/mol. The van der Waals surface area contributed by atoms with Gasteiger partial charge in [0.15, 0.2) is 0 Å². The molecular formula is C14H15N3O4. The molecule has 1 amide bonds. The van der Waals surface area contributed by atoms with E-state index in [2.05, 4.69) is 10.3 Å². The average Bonchev–Trinajstić information content (AvgIpc) is 2.94. The minimum Gasteiger partial charge on any atom is -0.475 e. The molecule has 0 saturated heterocycles. The number of carbonyl (C=O) groups is 2. The Labute approximate surface area is 121 Å². The second-order valence-electron chi connectivity index (χ2n) is 4.56. The van der Waals surface area contributed by atoms with Crippen molar-refractivity contribution in [2.24, 2.45) is 0 Å². The third-order valence-electron chi connectivity index (χ3n) is 2.73. The predicted molar refractivity (Wildman–Crippen MR) is 75.2 cm³/mol. The zero-order chi connectivity index (χ0) is 15.4. The fraction of sp³-hybridized carbons (Fsp3) is 0.214. The molecule has 0 atom stereocenters. The summed E-state index contributed by atoms with van der Waals surface area (Å²) in [5, 5.41) is 11.7. The molecule has 0 spiro atoms. The number of aromatic nitrogens is 1. The van der Waals surface area contributed by atoms with Gasteiger partial charge in [0.2, 0.25) is 5.76 Å². The first-order valence-electron chi connectivity index (χ1n) is 6.21. The van der Waals surface area contributed by atoms with E-state index in [0.717, 1.165) is 0 Å². The summed E-state index contributed by atoms with van der Waals surface area (Å²) in [5.74, 6) is -0.273. The lowest BCUT2D eigenvalue weighted by molar-refractivity contribution is 0.0660. The summed E-state index contributed by atoms with van der Waals surface area (Å²) in [4.78, 5) is 28.0. The second-order valence-corrected chi connectivity index (χ2v) is 4.56. The van der Waals surface area contributed by atoms with Gasteiger partial charge in [-0.15, -0.1) is 0 Å². The number of aromatic carboxylic acids is 1. The lowest BCUT2D eigenvalue weighted by Crippen LogP contribution is -2.21. The molecule has 0 fully saturated rings. The number of pyridine rings is 1. The van der Waals surface area contributed by atoms with Crippen molar-refractivity contribution in [3.63, 3.8) is 0 Å². The normalized spacial score (nSPS) is 10.2. The molecular weight excluding hydrogens is 274 g/mol. The summed E-state index contributed by atoms with van der Waals surface area (Å²) in [6.07, 6.45) is 1.48. The van der Waals surface area contributed by atoms with Gasteiger partial charge in [-0.1, -0.05) is 0 Å². The highest BCUT2D eigenvalue weighted by Crippen LogP contribution is 2.11. The molecule has 7 nitrogen and oxygen atoms in total. The van der Waals surface area contributed by atoms with Crippen molar-refractivity contribution in [2.45, 2.75) is 6.54 Å². The lowest BCUT2D eigenvalue weighted by atomic mass is 10.2. The molecule has 110 valence electrons. The van der Waals surface area contributed by atoms with Gasteiger partial charge in [-0.2, -0.15) is 0 Å². The maximum atomic E-state index is 11.7. The molecule has 21 heavy (non-hydrogen) atoms. The largest absolute Gasteiger partial charge is 0.475 e. The van der Waals surface area contributed by atoms with Gasteiger partial charge >= 0.3 is 5.97 Å². The number of hydrogen-bond acceptors (Lipinski definition) is 5. The molecule has 2 aromatic rings. The molecule has 0 saturated carbocycles. The van der Waals surface area contributed by atoms with Crippen LogP contribution in [0.2, 0.25) is 0 Å². The van der Waals surface area contributed by atoms with E-state index in [4.69, 9.17) is 9.52 Å². The Hall–Kier alpha value is -2.83. The Morgan fingerprint density at radius 1 is 1.29 bits per heavy atom. The molecule has 0 radical (unpaired) electrons. The van der Waals surface area contributed by atoms with E-state index < -0.39 is 5.97 Å². The van der Waals surface area contributed by atoms with Crippen molar-refractivity contribution in [3.8, 4) is 0 Å². The monoisotopic (exact) mass is 289 g/mol. The lowest BCUT2D eigenvalue weighted by Gasteiger charge is -2.10. The van der Waals surface area contributed by atoms with Crippen molar-refractivity contribution in [1.82, 2.24) is 9.88 Å². The topological polar surface area (TPSA) is 95.7 Å². The van der Waals surface area contributed by atoms with Crippen molar-refractivity contribution in [1.29, 1.82) is 0 Å². The van der Waals surface area contributed by atoms with Gasteiger partial charge in [-0.25, -0.2) is 9.78 Å². The number of carbonyl (C=O) groups excluding carboxylic acids is 1. The number of nitrogens with one attached hydrogen (secondary N) is 1. The van der Waals surface area contributed by atoms with Crippen LogP contribution in [0.4, 0.5) is 5.82 Å². The Morgan fingerprint density at radius 3 is 2.57 bits per heavy atom. The maximum absolute atomic E-state index is 11.7. The third kappa shape index (κ3) is 3.59. The van der Waals surface area contributed by atoms with E-state index >= 15 is 0 Å². The molecule has 2 rings (SSSR count). The molecule has 0 aliphatic heterocycles. The van der Waals surface area contributed by atoms with Crippen molar-refractivity contribution < 1.29 is 19.1 Å². The Bertz CT molecular complexity index is 646. The highest BCUT2D eigenvalue weighted by atomic mass is 16.4. The van der Waals surface area contributed by atoms with E-state index in [1.54, 1.807) is 32.3 Å². The molecule has 0 aromatic carbocycles. The standard InChI is InChI=1S/C14H15N3O4/c1-17(2)13(18)9-3-6-12(15-7-9)16-8-10-4-5-11(21-10)14(19)20/h3-7H,8H2,1-2H3,(H,15,16)(H,19,20). The first-order chi connectivity index (χ1) is 9.97. The van der Waals surface area contributed by atoms with Crippen LogP contribution in [-0.2, 0) is 6.54 Å². The minimum absolute atomic E-state index is 0.105. The fourth-order valence-electron chi connectivity index (χ4n) is 1.65. The van der Waals surface area contributed by atoms with Crippen molar-refractivity contribution in [2.75, 3.05) is 19.4 Å².